The summed E-state index contributed by atoms with van der Waals surface area (Å²) in [5.74, 6) is 1.28. The Labute approximate surface area is 156 Å². The van der Waals surface area contributed by atoms with Gasteiger partial charge in [0, 0.05) is 0 Å². The molecular formula is C20H18N2O5. The van der Waals surface area contributed by atoms with Gasteiger partial charge in [0.25, 0.3) is 0 Å². The van der Waals surface area contributed by atoms with E-state index in [0.29, 0.717) is 18.1 Å². The molecule has 0 fully saturated rings. The third-order valence-corrected chi connectivity index (χ3v) is 3.89. The molecule has 0 unspecified atom stereocenters. The van der Waals surface area contributed by atoms with Gasteiger partial charge in [-0.15, -0.1) is 0 Å². The second-order valence-corrected chi connectivity index (χ2v) is 5.76. The Hall–Kier alpha value is -3.61. The molecule has 0 radical (unpaired) electrons. The minimum Gasteiger partial charge on any atom is -0.493 e. The lowest BCUT2D eigenvalue weighted by molar-refractivity contribution is -0.386. The Morgan fingerprint density at radius 1 is 1.15 bits per heavy atom. The number of benzene rings is 2. The summed E-state index contributed by atoms with van der Waals surface area (Å²) >= 11 is 0. The first kappa shape index (κ1) is 18.2. The van der Waals surface area contributed by atoms with Gasteiger partial charge in [-0.1, -0.05) is 47.6 Å². The Kier molecular flexibility index (Phi) is 5.51. The summed E-state index contributed by atoms with van der Waals surface area (Å²) in [7, 11) is 1.56. The first-order chi connectivity index (χ1) is 13.1. The van der Waals surface area contributed by atoms with E-state index in [1.807, 2.05) is 36.4 Å². The maximum absolute atomic E-state index is 11.1. The van der Waals surface area contributed by atoms with Gasteiger partial charge in [0.15, 0.2) is 17.2 Å². The van der Waals surface area contributed by atoms with Crippen LogP contribution in [0.15, 0.2) is 53.1 Å². The molecule has 27 heavy (non-hydrogen) atoms. The summed E-state index contributed by atoms with van der Waals surface area (Å²) in [5, 5.41) is 14.7. The van der Waals surface area contributed by atoms with Crippen LogP contribution in [0.4, 0.5) is 5.69 Å². The molecule has 0 bridgehead atoms. The Bertz CT molecular complexity index is 964. The molecule has 0 saturated carbocycles. The van der Waals surface area contributed by atoms with Gasteiger partial charge >= 0.3 is 5.69 Å². The van der Waals surface area contributed by atoms with Crippen molar-refractivity contribution < 1.29 is 18.9 Å². The van der Waals surface area contributed by atoms with Crippen molar-refractivity contribution in [3.8, 4) is 11.5 Å². The fourth-order valence-corrected chi connectivity index (χ4v) is 2.53. The molecule has 0 aliphatic heterocycles. The molecule has 7 nitrogen and oxygen atoms in total. The van der Waals surface area contributed by atoms with Crippen LogP contribution < -0.4 is 9.47 Å². The normalized spacial score (nSPS) is 10.9. The van der Waals surface area contributed by atoms with Crippen LogP contribution in [0.1, 0.15) is 22.6 Å². The highest BCUT2D eigenvalue weighted by Crippen LogP contribution is 2.30. The molecule has 3 aromatic rings. The molecule has 1 heterocycles. The largest absolute Gasteiger partial charge is 0.493 e. The van der Waals surface area contributed by atoms with Gasteiger partial charge in [0.2, 0.25) is 5.76 Å². The minimum absolute atomic E-state index is 0.0980. The quantitative estimate of drug-likeness (QED) is 0.447. The van der Waals surface area contributed by atoms with Crippen molar-refractivity contribution in [1.82, 2.24) is 5.16 Å². The molecule has 138 valence electrons. The lowest BCUT2D eigenvalue weighted by Gasteiger charge is -2.11. The molecule has 2 aromatic carbocycles. The van der Waals surface area contributed by atoms with Gasteiger partial charge in [0.1, 0.15) is 6.61 Å². The van der Waals surface area contributed by atoms with E-state index in [1.54, 1.807) is 25.3 Å². The smallest absolute Gasteiger partial charge is 0.338 e. The second-order valence-electron chi connectivity index (χ2n) is 5.76. The number of hydrogen-bond acceptors (Lipinski definition) is 6. The van der Waals surface area contributed by atoms with Gasteiger partial charge in [0.05, 0.1) is 12.0 Å². The number of rotatable bonds is 7. The van der Waals surface area contributed by atoms with Crippen molar-refractivity contribution in [1.29, 1.82) is 0 Å². The van der Waals surface area contributed by atoms with Gasteiger partial charge in [-0.05, 0) is 36.3 Å². The molecule has 0 atom stereocenters. The van der Waals surface area contributed by atoms with Crippen LogP contribution in [-0.2, 0) is 6.61 Å². The average Bonchev–Trinajstić information content (AvgIpc) is 3.06. The Balaban J connectivity index is 1.77. The zero-order chi connectivity index (χ0) is 19.2. The molecule has 0 amide bonds. The Morgan fingerprint density at radius 2 is 1.93 bits per heavy atom. The number of nitro groups is 1. The fraction of sp³-hybridized carbons (Fsp3) is 0.150. The highest BCUT2D eigenvalue weighted by atomic mass is 16.6. The van der Waals surface area contributed by atoms with Crippen LogP contribution in [-0.4, -0.2) is 17.2 Å². The van der Waals surface area contributed by atoms with Crippen LogP contribution >= 0.6 is 0 Å². The van der Waals surface area contributed by atoms with Crippen molar-refractivity contribution in [3.05, 3.63) is 81.2 Å². The highest BCUT2D eigenvalue weighted by Gasteiger charge is 2.21. The predicted octanol–water partition coefficient (Wildman–Crippen LogP) is 4.65. The second kappa shape index (κ2) is 8.18. The monoisotopic (exact) mass is 366 g/mol. The van der Waals surface area contributed by atoms with Crippen molar-refractivity contribution >= 4 is 17.8 Å². The minimum atomic E-state index is -0.507. The van der Waals surface area contributed by atoms with Gasteiger partial charge in [-0.3, -0.25) is 10.1 Å². The maximum atomic E-state index is 11.1. The molecular weight excluding hydrogens is 348 g/mol. The SMILES string of the molecule is COc1cc(/C=C/c2onc(C)c2[N+](=O)[O-])ccc1OCc1ccccc1. The van der Waals surface area contributed by atoms with Crippen LogP contribution in [0, 0.1) is 17.0 Å². The zero-order valence-corrected chi connectivity index (χ0v) is 14.9. The van der Waals surface area contributed by atoms with Crippen molar-refractivity contribution in [2.45, 2.75) is 13.5 Å². The number of ether oxygens (including phenoxy) is 2. The van der Waals surface area contributed by atoms with Gasteiger partial charge in [-0.2, -0.15) is 0 Å². The number of aromatic nitrogens is 1. The van der Waals surface area contributed by atoms with E-state index in [9.17, 15) is 10.1 Å². The van der Waals surface area contributed by atoms with E-state index in [2.05, 4.69) is 5.16 Å². The maximum Gasteiger partial charge on any atom is 0.338 e. The highest BCUT2D eigenvalue weighted by molar-refractivity contribution is 5.72. The molecule has 0 aliphatic carbocycles. The number of methoxy groups -OCH3 is 1. The molecule has 1 aromatic heterocycles. The summed E-state index contributed by atoms with van der Waals surface area (Å²) in [6.45, 7) is 1.96. The van der Waals surface area contributed by atoms with Crippen LogP contribution in [0.3, 0.4) is 0 Å². The standard InChI is InChI=1S/C20H18N2O5/c1-14-20(22(23)24)18(27-21-14)11-9-15-8-10-17(19(12-15)25-2)26-13-16-6-4-3-5-7-16/h3-12H,13H2,1-2H3/b11-9+. The van der Waals surface area contributed by atoms with E-state index < -0.39 is 4.92 Å². The van der Waals surface area contributed by atoms with Crippen LogP contribution in [0.25, 0.3) is 12.2 Å². The molecule has 0 aliphatic rings. The van der Waals surface area contributed by atoms with Crippen molar-refractivity contribution in [3.63, 3.8) is 0 Å². The van der Waals surface area contributed by atoms with E-state index in [0.717, 1.165) is 11.1 Å². The summed E-state index contributed by atoms with van der Waals surface area (Å²) in [6, 6.07) is 15.2. The summed E-state index contributed by atoms with van der Waals surface area (Å²) in [5.41, 5.74) is 1.93. The summed E-state index contributed by atoms with van der Waals surface area (Å²) < 4.78 is 16.2. The Morgan fingerprint density at radius 3 is 2.63 bits per heavy atom. The third-order valence-electron chi connectivity index (χ3n) is 3.89. The fourth-order valence-electron chi connectivity index (χ4n) is 2.53. The zero-order valence-electron chi connectivity index (χ0n) is 14.9. The van der Waals surface area contributed by atoms with Gasteiger partial charge in [-0.25, -0.2) is 0 Å². The third kappa shape index (κ3) is 4.33. The topological polar surface area (TPSA) is 87.6 Å². The van der Waals surface area contributed by atoms with Crippen molar-refractivity contribution in [2.24, 2.45) is 0 Å². The van der Waals surface area contributed by atoms with E-state index >= 15 is 0 Å². The molecule has 7 heteroatoms. The molecule has 3 rings (SSSR count). The van der Waals surface area contributed by atoms with E-state index in [-0.39, 0.29) is 17.1 Å². The summed E-state index contributed by atoms with van der Waals surface area (Å²) in [6.07, 6.45) is 3.20. The average molecular weight is 366 g/mol. The number of nitrogens with zero attached hydrogens (tertiary/aromatic N) is 2. The number of aryl methyl sites for hydroxylation is 1. The first-order valence-corrected chi connectivity index (χ1v) is 8.22. The van der Waals surface area contributed by atoms with Crippen LogP contribution in [0.2, 0.25) is 0 Å². The predicted molar refractivity (Wildman–Crippen MR) is 101 cm³/mol. The van der Waals surface area contributed by atoms with Crippen molar-refractivity contribution in [2.75, 3.05) is 7.11 Å². The first-order valence-electron chi connectivity index (χ1n) is 8.22. The number of hydrogen-bond donors (Lipinski definition) is 0. The lowest BCUT2D eigenvalue weighted by Crippen LogP contribution is -1.97. The van der Waals surface area contributed by atoms with Crippen LogP contribution in [0.5, 0.6) is 11.5 Å². The summed E-state index contributed by atoms with van der Waals surface area (Å²) in [4.78, 5) is 10.6. The molecule has 0 saturated heterocycles. The van der Waals surface area contributed by atoms with E-state index in [1.165, 1.54) is 13.0 Å². The van der Waals surface area contributed by atoms with E-state index in [4.69, 9.17) is 14.0 Å². The lowest BCUT2D eigenvalue weighted by atomic mass is 10.1. The molecule has 0 N–H and O–H groups in total. The molecule has 0 spiro atoms. The van der Waals surface area contributed by atoms with Gasteiger partial charge < -0.3 is 14.0 Å².